The van der Waals surface area contributed by atoms with E-state index < -0.39 is 42.9 Å². The highest BCUT2D eigenvalue weighted by Gasteiger charge is 2.52. The average molecular weight is 254 g/mol. The maximum atomic E-state index is 11.5. The van der Waals surface area contributed by atoms with Crippen molar-refractivity contribution in [2.45, 2.75) is 11.3 Å². The van der Waals surface area contributed by atoms with E-state index in [4.69, 9.17) is 0 Å². The first-order chi connectivity index (χ1) is 6.73. The molecule has 2 unspecified atom stereocenters. The van der Waals surface area contributed by atoms with Crippen molar-refractivity contribution in [3.63, 3.8) is 0 Å². The number of urea groups is 1. The summed E-state index contributed by atoms with van der Waals surface area (Å²) in [7, 11) is -5.81. The van der Waals surface area contributed by atoms with E-state index in [2.05, 4.69) is 0 Å². The Morgan fingerprint density at radius 1 is 1.27 bits per heavy atom. The van der Waals surface area contributed by atoms with Gasteiger partial charge in [0.15, 0.2) is 9.84 Å². The number of nitrogens with zero attached hydrogens (tertiary/aromatic N) is 1. The van der Waals surface area contributed by atoms with Gasteiger partial charge in [-0.15, -0.1) is 0 Å². The van der Waals surface area contributed by atoms with Gasteiger partial charge in [0.2, 0.25) is 10.0 Å². The number of carbonyl (C=O) groups is 1. The molecule has 2 aliphatic heterocycles. The second-order valence-electron chi connectivity index (χ2n) is 3.75. The minimum atomic E-state index is -3.83. The number of sulfone groups is 1. The van der Waals surface area contributed by atoms with Crippen molar-refractivity contribution in [3.8, 4) is 0 Å². The zero-order valence-corrected chi connectivity index (χ0v) is 9.51. The highest BCUT2D eigenvalue weighted by molar-refractivity contribution is 7.95. The van der Waals surface area contributed by atoms with Gasteiger partial charge in [0, 0.05) is 7.05 Å². The predicted octanol–water partition coefficient (Wildman–Crippen LogP) is -1.86. The van der Waals surface area contributed by atoms with Crippen LogP contribution in [0.4, 0.5) is 4.79 Å². The molecular formula is C6H10N2O5S2. The molecule has 0 aromatic heterocycles. The maximum absolute atomic E-state index is 11.5. The van der Waals surface area contributed by atoms with Crippen molar-refractivity contribution in [1.29, 1.82) is 0 Å². The first-order valence-corrected chi connectivity index (χ1v) is 7.58. The molecule has 2 amide bonds. The topological polar surface area (TPSA) is 101 Å². The van der Waals surface area contributed by atoms with Crippen LogP contribution in [0, 0.1) is 0 Å². The van der Waals surface area contributed by atoms with Crippen LogP contribution in [0.15, 0.2) is 0 Å². The highest BCUT2D eigenvalue weighted by Crippen LogP contribution is 2.26. The maximum Gasteiger partial charge on any atom is 0.331 e. The van der Waals surface area contributed by atoms with Gasteiger partial charge in [-0.1, -0.05) is 0 Å². The molecule has 2 atom stereocenters. The lowest BCUT2D eigenvalue weighted by molar-refractivity contribution is 0.196. The molecule has 86 valence electrons. The van der Waals surface area contributed by atoms with E-state index >= 15 is 0 Å². The Balaban J connectivity index is 2.48. The molecule has 0 saturated carbocycles. The number of fused-ring (bicyclic) bond motifs is 1. The van der Waals surface area contributed by atoms with Gasteiger partial charge in [0.05, 0.1) is 17.5 Å². The third-order valence-corrected chi connectivity index (χ3v) is 6.38. The normalized spacial score (nSPS) is 37.1. The molecule has 1 N–H and O–H groups in total. The van der Waals surface area contributed by atoms with Gasteiger partial charge in [-0.2, -0.15) is 0 Å². The van der Waals surface area contributed by atoms with Crippen LogP contribution in [-0.2, 0) is 19.9 Å². The van der Waals surface area contributed by atoms with Gasteiger partial charge in [-0.05, 0) is 0 Å². The Kier molecular flexibility index (Phi) is 2.03. The van der Waals surface area contributed by atoms with Crippen LogP contribution >= 0.6 is 0 Å². The number of amides is 2. The van der Waals surface area contributed by atoms with Crippen molar-refractivity contribution in [1.82, 2.24) is 9.62 Å². The predicted molar refractivity (Wildman–Crippen MR) is 51.4 cm³/mol. The minimum Gasteiger partial charge on any atom is -0.322 e. The average Bonchev–Trinajstić information content (AvgIpc) is 2.38. The molecule has 0 aromatic rings. The largest absolute Gasteiger partial charge is 0.331 e. The Morgan fingerprint density at radius 3 is 2.47 bits per heavy atom. The van der Waals surface area contributed by atoms with Gasteiger partial charge in [0.25, 0.3) is 0 Å². The van der Waals surface area contributed by atoms with Crippen molar-refractivity contribution in [2.24, 2.45) is 0 Å². The van der Waals surface area contributed by atoms with Gasteiger partial charge in [-0.25, -0.2) is 26.4 Å². The zero-order valence-electron chi connectivity index (χ0n) is 7.87. The van der Waals surface area contributed by atoms with Crippen LogP contribution < -0.4 is 4.72 Å². The lowest BCUT2D eigenvalue weighted by atomic mass is 10.2. The van der Waals surface area contributed by atoms with E-state index in [1.165, 1.54) is 7.05 Å². The minimum absolute atomic E-state index is 0.277. The summed E-state index contributed by atoms with van der Waals surface area (Å²) in [6.07, 6.45) is 0. The lowest BCUT2D eigenvalue weighted by Gasteiger charge is -2.33. The van der Waals surface area contributed by atoms with Crippen molar-refractivity contribution in [2.75, 3.05) is 18.6 Å². The van der Waals surface area contributed by atoms with Crippen LogP contribution in [0.25, 0.3) is 0 Å². The van der Waals surface area contributed by atoms with Crippen molar-refractivity contribution < 1.29 is 21.6 Å². The third-order valence-electron chi connectivity index (χ3n) is 2.72. The number of nitrogens with one attached hydrogen (secondary N) is 1. The third kappa shape index (κ3) is 1.59. The molecule has 0 aliphatic carbocycles. The summed E-state index contributed by atoms with van der Waals surface area (Å²) in [4.78, 5) is 12.3. The molecule has 15 heavy (non-hydrogen) atoms. The summed E-state index contributed by atoms with van der Waals surface area (Å²) in [5, 5.41) is -1.04. The van der Waals surface area contributed by atoms with E-state index in [9.17, 15) is 21.6 Å². The smallest absolute Gasteiger partial charge is 0.322 e. The highest BCUT2D eigenvalue weighted by atomic mass is 32.2. The molecule has 9 heteroatoms. The number of hydrogen-bond donors (Lipinski definition) is 1. The van der Waals surface area contributed by atoms with Crippen LogP contribution in [0.3, 0.4) is 0 Å². The second kappa shape index (κ2) is 2.85. The standard InChI is InChI=1S/C6H10N2O5S2/c1-8-4-2-14(10,11)3-5(4)15(12,13)7-6(8)9/h4-5H,2-3H2,1H3,(H,7,9). The van der Waals surface area contributed by atoms with Crippen LogP contribution in [-0.4, -0.2) is 57.6 Å². The van der Waals surface area contributed by atoms with E-state index in [1.54, 1.807) is 0 Å². The summed E-state index contributed by atoms with van der Waals surface area (Å²) in [6, 6.07) is -1.53. The molecule has 2 heterocycles. The summed E-state index contributed by atoms with van der Waals surface area (Å²) in [5.74, 6) is -0.689. The van der Waals surface area contributed by atoms with Gasteiger partial charge < -0.3 is 4.90 Å². The van der Waals surface area contributed by atoms with Gasteiger partial charge >= 0.3 is 6.03 Å². The Labute approximate surface area is 87.4 Å². The van der Waals surface area contributed by atoms with E-state index in [-0.39, 0.29) is 5.75 Å². The Hall–Kier alpha value is -0.830. The number of sulfonamides is 1. The van der Waals surface area contributed by atoms with Crippen molar-refractivity contribution in [3.05, 3.63) is 0 Å². The molecule has 0 spiro atoms. The fraction of sp³-hybridized carbons (Fsp3) is 0.833. The Bertz CT molecular complexity index is 508. The molecule has 2 aliphatic rings. The summed E-state index contributed by atoms with van der Waals surface area (Å²) < 4.78 is 47.4. The van der Waals surface area contributed by atoms with Gasteiger partial charge in [-0.3, -0.25) is 0 Å². The summed E-state index contributed by atoms with van der Waals surface area (Å²) >= 11 is 0. The molecule has 0 radical (unpaired) electrons. The number of carbonyl (C=O) groups excluding carboxylic acids is 1. The quantitative estimate of drug-likeness (QED) is 0.546. The SMILES string of the molecule is CN1C(=O)NS(=O)(=O)C2CS(=O)(=O)CC21. The fourth-order valence-corrected chi connectivity index (χ4v) is 6.40. The van der Waals surface area contributed by atoms with Gasteiger partial charge in [0.1, 0.15) is 5.25 Å². The first kappa shape index (κ1) is 10.7. The first-order valence-electron chi connectivity index (χ1n) is 4.22. The zero-order chi connectivity index (χ0) is 11.4. The van der Waals surface area contributed by atoms with Crippen LogP contribution in [0.1, 0.15) is 0 Å². The molecular weight excluding hydrogens is 244 g/mol. The second-order valence-corrected chi connectivity index (χ2v) is 7.80. The number of hydrogen-bond acceptors (Lipinski definition) is 5. The van der Waals surface area contributed by atoms with E-state index in [0.717, 1.165) is 4.90 Å². The monoisotopic (exact) mass is 254 g/mol. The summed E-state index contributed by atoms with van der Waals surface area (Å²) in [6.45, 7) is 0. The molecule has 0 bridgehead atoms. The number of rotatable bonds is 0. The molecule has 0 aromatic carbocycles. The molecule has 7 nitrogen and oxygen atoms in total. The molecule has 2 saturated heterocycles. The summed E-state index contributed by atoms with van der Waals surface area (Å²) in [5.41, 5.74) is 0. The molecule has 2 fully saturated rings. The fourth-order valence-electron chi connectivity index (χ4n) is 1.87. The molecule has 2 rings (SSSR count). The van der Waals surface area contributed by atoms with E-state index in [1.807, 2.05) is 4.72 Å². The Morgan fingerprint density at radius 2 is 1.87 bits per heavy atom. The van der Waals surface area contributed by atoms with E-state index in [0.29, 0.717) is 0 Å². The van der Waals surface area contributed by atoms with Crippen LogP contribution in [0.2, 0.25) is 0 Å². The lowest BCUT2D eigenvalue weighted by Crippen LogP contribution is -2.60. The van der Waals surface area contributed by atoms with Crippen molar-refractivity contribution >= 4 is 25.9 Å². The van der Waals surface area contributed by atoms with Crippen LogP contribution in [0.5, 0.6) is 0 Å².